The quantitative estimate of drug-likeness (QED) is 0.659. The molecule has 28 heavy (non-hydrogen) atoms. The molecule has 0 aromatic heterocycles. The molecule has 3 aromatic carbocycles. The number of benzene rings is 3. The van der Waals surface area contributed by atoms with Gasteiger partial charge in [-0.15, -0.1) is 0 Å². The molecule has 3 aromatic rings. The maximum atomic E-state index is 12.8. The van der Waals surface area contributed by atoms with Crippen LogP contribution < -0.4 is 10.6 Å². The fourth-order valence-corrected chi connectivity index (χ4v) is 3.15. The zero-order valence-corrected chi connectivity index (χ0v) is 16.3. The van der Waals surface area contributed by atoms with Crippen LogP contribution in [0, 0.1) is 13.8 Å². The zero-order valence-electron chi connectivity index (χ0n) is 16.3. The Morgan fingerprint density at radius 3 is 2.18 bits per heavy atom. The first-order chi connectivity index (χ1) is 13.5. The lowest BCUT2D eigenvalue weighted by Gasteiger charge is -2.17. The first-order valence-corrected chi connectivity index (χ1v) is 9.29. The van der Waals surface area contributed by atoms with Crippen LogP contribution in [0.3, 0.4) is 0 Å². The Morgan fingerprint density at radius 2 is 1.46 bits per heavy atom. The third-order valence-corrected chi connectivity index (χ3v) is 4.69. The molecule has 0 saturated carbocycles. The summed E-state index contributed by atoms with van der Waals surface area (Å²) in [5.74, 6) is -0.457. The lowest BCUT2D eigenvalue weighted by Crippen LogP contribution is -2.28. The van der Waals surface area contributed by atoms with Crippen LogP contribution in [-0.4, -0.2) is 11.8 Å². The van der Waals surface area contributed by atoms with E-state index >= 15 is 0 Å². The van der Waals surface area contributed by atoms with Crippen molar-refractivity contribution in [3.05, 3.63) is 101 Å². The second kappa shape index (κ2) is 8.53. The molecule has 0 bridgehead atoms. The van der Waals surface area contributed by atoms with Gasteiger partial charge in [0.15, 0.2) is 0 Å². The molecule has 3 rings (SSSR count). The van der Waals surface area contributed by atoms with Gasteiger partial charge >= 0.3 is 0 Å². The van der Waals surface area contributed by atoms with E-state index in [0.29, 0.717) is 16.8 Å². The summed E-state index contributed by atoms with van der Waals surface area (Å²) in [5.41, 5.74) is 4.54. The van der Waals surface area contributed by atoms with Gasteiger partial charge in [0.2, 0.25) is 0 Å². The van der Waals surface area contributed by atoms with Gasteiger partial charge in [0.25, 0.3) is 11.8 Å². The smallest absolute Gasteiger partial charge is 0.255 e. The van der Waals surface area contributed by atoms with Crippen LogP contribution in [-0.2, 0) is 0 Å². The molecule has 4 heteroatoms. The Morgan fingerprint density at radius 1 is 0.786 bits per heavy atom. The minimum Gasteiger partial charge on any atom is -0.345 e. The number of nitrogens with one attached hydrogen (secondary N) is 2. The van der Waals surface area contributed by atoms with Gasteiger partial charge in [-0.2, -0.15) is 0 Å². The minimum absolute atomic E-state index is 0.142. The minimum atomic E-state index is -0.229. The standard InChI is InChI=1S/C24H24N2O2/c1-16-13-14-20(17(2)15-16)23(27)26-22-12-8-7-11-21(22)24(28)25-18(3)19-9-5-4-6-10-19/h4-15,18H,1-3H3,(H,25,28)(H,26,27). The van der Waals surface area contributed by atoms with E-state index in [1.165, 1.54) is 0 Å². The number of hydrogen-bond donors (Lipinski definition) is 2. The molecule has 0 aliphatic carbocycles. The summed E-state index contributed by atoms with van der Waals surface area (Å²) in [6.45, 7) is 5.83. The van der Waals surface area contributed by atoms with Gasteiger partial charge in [-0.05, 0) is 50.1 Å². The molecule has 2 amide bonds. The predicted octanol–water partition coefficient (Wildman–Crippen LogP) is 5.05. The fraction of sp³-hybridized carbons (Fsp3) is 0.167. The van der Waals surface area contributed by atoms with E-state index in [1.54, 1.807) is 30.3 Å². The largest absolute Gasteiger partial charge is 0.345 e. The van der Waals surface area contributed by atoms with Crippen molar-refractivity contribution in [2.45, 2.75) is 26.8 Å². The number of aryl methyl sites for hydroxylation is 2. The summed E-state index contributed by atoms with van der Waals surface area (Å²) in [5, 5.41) is 5.88. The molecular weight excluding hydrogens is 348 g/mol. The molecule has 0 radical (unpaired) electrons. The van der Waals surface area contributed by atoms with Crippen LogP contribution in [0.5, 0.6) is 0 Å². The topological polar surface area (TPSA) is 58.2 Å². The van der Waals surface area contributed by atoms with Crippen LogP contribution >= 0.6 is 0 Å². The third kappa shape index (κ3) is 4.46. The molecule has 2 N–H and O–H groups in total. The van der Waals surface area contributed by atoms with Gasteiger partial charge in [-0.25, -0.2) is 0 Å². The monoisotopic (exact) mass is 372 g/mol. The van der Waals surface area contributed by atoms with Crippen LogP contribution in [0.4, 0.5) is 5.69 Å². The van der Waals surface area contributed by atoms with Crippen molar-refractivity contribution in [2.24, 2.45) is 0 Å². The molecule has 4 nitrogen and oxygen atoms in total. The van der Waals surface area contributed by atoms with E-state index in [4.69, 9.17) is 0 Å². The van der Waals surface area contributed by atoms with E-state index in [-0.39, 0.29) is 17.9 Å². The molecule has 142 valence electrons. The molecule has 0 fully saturated rings. The highest BCUT2D eigenvalue weighted by atomic mass is 16.2. The van der Waals surface area contributed by atoms with Gasteiger partial charge in [0.05, 0.1) is 17.3 Å². The maximum Gasteiger partial charge on any atom is 0.255 e. The molecule has 0 heterocycles. The van der Waals surface area contributed by atoms with Crippen molar-refractivity contribution in [1.29, 1.82) is 0 Å². The summed E-state index contributed by atoms with van der Waals surface area (Å²) < 4.78 is 0. The van der Waals surface area contributed by atoms with Crippen molar-refractivity contribution < 1.29 is 9.59 Å². The zero-order chi connectivity index (χ0) is 20.1. The number of carbonyl (C=O) groups excluding carboxylic acids is 2. The number of amides is 2. The Hall–Kier alpha value is -3.40. The number of hydrogen-bond acceptors (Lipinski definition) is 2. The SMILES string of the molecule is Cc1ccc(C(=O)Nc2ccccc2C(=O)NC(C)c2ccccc2)c(C)c1. The van der Waals surface area contributed by atoms with Crippen LogP contribution in [0.2, 0.25) is 0 Å². The highest BCUT2D eigenvalue weighted by Crippen LogP contribution is 2.20. The van der Waals surface area contributed by atoms with Gasteiger partial charge in [-0.1, -0.05) is 60.2 Å². The number of anilines is 1. The summed E-state index contributed by atoms with van der Waals surface area (Å²) in [6, 6.07) is 22.3. The van der Waals surface area contributed by atoms with E-state index in [9.17, 15) is 9.59 Å². The lowest BCUT2D eigenvalue weighted by atomic mass is 10.0. The van der Waals surface area contributed by atoms with Crippen LogP contribution in [0.15, 0.2) is 72.8 Å². The highest BCUT2D eigenvalue weighted by molar-refractivity contribution is 6.09. The van der Waals surface area contributed by atoms with E-state index in [1.807, 2.05) is 63.2 Å². The molecule has 0 saturated heterocycles. The summed E-state index contributed by atoms with van der Waals surface area (Å²) in [6.07, 6.45) is 0. The number of rotatable bonds is 5. The summed E-state index contributed by atoms with van der Waals surface area (Å²) >= 11 is 0. The number of carbonyl (C=O) groups is 2. The normalized spacial score (nSPS) is 11.5. The second-order valence-corrected chi connectivity index (χ2v) is 6.92. The van der Waals surface area contributed by atoms with E-state index in [2.05, 4.69) is 10.6 Å². The first-order valence-electron chi connectivity index (χ1n) is 9.29. The van der Waals surface area contributed by atoms with Crippen molar-refractivity contribution >= 4 is 17.5 Å². The van der Waals surface area contributed by atoms with E-state index in [0.717, 1.165) is 16.7 Å². The van der Waals surface area contributed by atoms with Crippen molar-refractivity contribution in [2.75, 3.05) is 5.32 Å². The third-order valence-electron chi connectivity index (χ3n) is 4.69. The molecule has 0 aliphatic rings. The molecule has 0 spiro atoms. The number of para-hydroxylation sites is 1. The fourth-order valence-electron chi connectivity index (χ4n) is 3.15. The highest BCUT2D eigenvalue weighted by Gasteiger charge is 2.17. The van der Waals surface area contributed by atoms with Gasteiger partial charge in [0, 0.05) is 5.56 Å². The van der Waals surface area contributed by atoms with Gasteiger partial charge in [0.1, 0.15) is 0 Å². The van der Waals surface area contributed by atoms with Crippen LogP contribution in [0.1, 0.15) is 50.4 Å². The van der Waals surface area contributed by atoms with Gasteiger partial charge < -0.3 is 10.6 Å². The Kier molecular flexibility index (Phi) is 5.90. The first kappa shape index (κ1) is 19.4. The predicted molar refractivity (Wildman–Crippen MR) is 113 cm³/mol. The van der Waals surface area contributed by atoms with Crippen molar-refractivity contribution in [1.82, 2.24) is 5.32 Å². The van der Waals surface area contributed by atoms with Crippen molar-refractivity contribution in [3.8, 4) is 0 Å². The van der Waals surface area contributed by atoms with Crippen LogP contribution in [0.25, 0.3) is 0 Å². The maximum absolute atomic E-state index is 12.8. The lowest BCUT2D eigenvalue weighted by molar-refractivity contribution is 0.0941. The Bertz CT molecular complexity index is 996. The van der Waals surface area contributed by atoms with Crippen molar-refractivity contribution in [3.63, 3.8) is 0 Å². The average molecular weight is 372 g/mol. The Labute approximate surface area is 165 Å². The van der Waals surface area contributed by atoms with Gasteiger partial charge in [-0.3, -0.25) is 9.59 Å². The molecule has 0 aliphatic heterocycles. The second-order valence-electron chi connectivity index (χ2n) is 6.92. The molecule has 1 atom stereocenters. The summed E-state index contributed by atoms with van der Waals surface area (Å²) in [7, 11) is 0. The molecular formula is C24H24N2O2. The summed E-state index contributed by atoms with van der Waals surface area (Å²) in [4.78, 5) is 25.5. The molecule has 1 unspecified atom stereocenters. The van der Waals surface area contributed by atoms with E-state index < -0.39 is 0 Å². The average Bonchev–Trinajstić information content (AvgIpc) is 2.68. The Balaban J connectivity index is 1.79.